The molecule has 1 fully saturated rings. The van der Waals surface area contributed by atoms with Crippen molar-refractivity contribution in [1.82, 2.24) is 10.0 Å². The molecule has 1 aliphatic rings. The summed E-state index contributed by atoms with van der Waals surface area (Å²) < 4.78 is 28.5. The average Bonchev–Trinajstić information content (AvgIpc) is 2.64. The third kappa shape index (κ3) is 4.72. The molecular formula is C21H28N2O2S. The molecule has 0 amide bonds. The van der Waals surface area contributed by atoms with Gasteiger partial charge in [-0.1, -0.05) is 60.9 Å². The molecule has 0 unspecified atom stereocenters. The molecule has 26 heavy (non-hydrogen) atoms. The van der Waals surface area contributed by atoms with E-state index in [-0.39, 0.29) is 18.1 Å². The van der Waals surface area contributed by atoms with Crippen molar-refractivity contribution < 1.29 is 8.42 Å². The minimum Gasteiger partial charge on any atom is -0.306 e. The van der Waals surface area contributed by atoms with Gasteiger partial charge in [0.1, 0.15) is 0 Å². The molecule has 2 aromatic rings. The van der Waals surface area contributed by atoms with Crippen LogP contribution in [0.5, 0.6) is 0 Å². The van der Waals surface area contributed by atoms with E-state index < -0.39 is 10.0 Å². The van der Waals surface area contributed by atoms with E-state index in [1.165, 1.54) is 5.56 Å². The standard InChI is InChI=1S/C21H28N2O2S/c1-16-12-14-19(15-13-16)26(24,25)23-21-11-7-6-10-20(21)22-17(2)18-8-4-3-5-9-18/h3-5,8-9,12-15,17,20-23H,6-7,10-11H2,1-2H3/t17-,20-,21-/m1/s1. The van der Waals surface area contributed by atoms with E-state index in [9.17, 15) is 8.42 Å². The van der Waals surface area contributed by atoms with E-state index in [1.54, 1.807) is 12.1 Å². The van der Waals surface area contributed by atoms with Crippen LogP contribution in [0.25, 0.3) is 0 Å². The highest BCUT2D eigenvalue weighted by Gasteiger charge is 2.30. The molecule has 0 heterocycles. The Labute approximate surface area is 157 Å². The second-order valence-corrected chi connectivity index (χ2v) is 8.94. The summed E-state index contributed by atoms with van der Waals surface area (Å²) in [5.74, 6) is 0. The minimum atomic E-state index is -3.50. The summed E-state index contributed by atoms with van der Waals surface area (Å²) in [5.41, 5.74) is 2.27. The Morgan fingerprint density at radius 2 is 1.54 bits per heavy atom. The maximum absolute atomic E-state index is 12.8. The molecule has 1 saturated carbocycles. The van der Waals surface area contributed by atoms with Crippen LogP contribution in [0.4, 0.5) is 0 Å². The number of hydrogen-bond acceptors (Lipinski definition) is 3. The Morgan fingerprint density at radius 1 is 0.923 bits per heavy atom. The molecule has 140 valence electrons. The fourth-order valence-electron chi connectivity index (χ4n) is 3.62. The van der Waals surface area contributed by atoms with E-state index >= 15 is 0 Å². The largest absolute Gasteiger partial charge is 0.306 e. The van der Waals surface area contributed by atoms with Crippen molar-refractivity contribution in [2.75, 3.05) is 0 Å². The van der Waals surface area contributed by atoms with Crippen molar-refractivity contribution in [3.63, 3.8) is 0 Å². The molecule has 4 nitrogen and oxygen atoms in total. The Hall–Kier alpha value is -1.69. The summed E-state index contributed by atoms with van der Waals surface area (Å²) in [6.07, 6.45) is 4.03. The smallest absolute Gasteiger partial charge is 0.240 e. The molecular weight excluding hydrogens is 344 g/mol. The van der Waals surface area contributed by atoms with Gasteiger partial charge >= 0.3 is 0 Å². The molecule has 2 N–H and O–H groups in total. The lowest BCUT2D eigenvalue weighted by atomic mass is 9.90. The number of rotatable bonds is 6. The molecule has 3 rings (SSSR count). The summed E-state index contributed by atoms with van der Waals surface area (Å²) in [6.45, 7) is 4.09. The first-order chi connectivity index (χ1) is 12.5. The number of sulfonamides is 1. The number of nitrogens with one attached hydrogen (secondary N) is 2. The lowest BCUT2D eigenvalue weighted by Crippen LogP contribution is -2.52. The zero-order valence-corrected chi connectivity index (χ0v) is 16.3. The summed E-state index contributed by atoms with van der Waals surface area (Å²) >= 11 is 0. The van der Waals surface area contributed by atoms with Crippen LogP contribution in [0.2, 0.25) is 0 Å². The highest BCUT2D eigenvalue weighted by Crippen LogP contribution is 2.24. The van der Waals surface area contributed by atoms with E-state index in [1.807, 2.05) is 37.3 Å². The second-order valence-electron chi connectivity index (χ2n) is 7.23. The van der Waals surface area contributed by atoms with Crippen LogP contribution < -0.4 is 10.0 Å². The van der Waals surface area contributed by atoms with E-state index in [2.05, 4.69) is 29.1 Å². The first kappa shape index (κ1) is 19.1. The average molecular weight is 373 g/mol. The topological polar surface area (TPSA) is 58.2 Å². The maximum Gasteiger partial charge on any atom is 0.240 e. The Kier molecular flexibility index (Phi) is 6.12. The zero-order valence-electron chi connectivity index (χ0n) is 15.5. The Balaban J connectivity index is 1.71. The van der Waals surface area contributed by atoms with Gasteiger partial charge in [-0.2, -0.15) is 0 Å². The molecule has 2 aromatic carbocycles. The Bertz CT molecular complexity index is 804. The summed E-state index contributed by atoms with van der Waals surface area (Å²) in [5, 5.41) is 3.64. The van der Waals surface area contributed by atoms with E-state index in [0.717, 1.165) is 31.2 Å². The summed E-state index contributed by atoms with van der Waals surface area (Å²) in [4.78, 5) is 0.337. The van der Waals surface area contributed by atoms with Crippen molar-refractivity contribution in [2.45, 2.75) is 62.6 Å². The van der Waals surface area contributed by atoms with Gasteiger partial charge in [-0.25, -0.2) is 13.1 Å². The van der Waals surface area contributed by atoms with Gasteiger partial charge in [0.15, 0.2) is 0 Å². The second kappa shape index (κ2) is 8.33. The van der Waals surface area contributed by atoms with Crippen LogP contribution in [-0.2, 0) is 10.0 Å². The van der Waals surface area contributed by atoms with Crippen LogP contribution in [0.1, 0.15) is 49.8 Å². The number of benzene rings is 2. The molecule has 0 aliphatic heterocycles. The summed E-state index contributed by atoms with van der Waals surface area (Å²) in [7, 11) is -3.50. The van der Waals surface area contributed by atoms with Crippen LogP contribution in [-0.4, -0.2) is 20.5 Å². The quantitative estimate of drug-likeness (QED) is 0.808. The molecule has 1 aliphatic carbocycles. The van der Waals surface area contributed by atoms with Gasteiger partial charge in [0.25, 0.3) is 0 Å². The van der Waals surface area contributed by atoms with Crippen molar-refractivity contribution in [3.8, 4) is 0 Å². The van der Waals surface area contributed by atoms with Gasteiger partial charge in [-0.15, -0.1) is 0 Å². The lowest BCUT2D eigenvalue weighted by molar-refractivity contribution is 0.291. The van der Waals surface area contributed by atoms with Crippen molar-refractivity contribution in [2.24, 2.45) is 0 Å². The first-order valence-corrected chi connectivity index (χ1v) is 10.8. The SMILES string of the molecule is Cc1ccc(S(=O)(=O)N[C@@H]2CCCC[C@H]2N[C@H](C)c2ccccc2)cc1. The van der Waals surface area contributed by atoms with Crippen molar-refractivity contribution in [1.29, 1.82) is 0 Å². The van der Waals surface area contributed by atoms with Gasteiger partial charge < -0.3 is 5.32 Å². The highest BCUT2D eigenvalue weighted by atomic mass is 32.2. The lowest BCUT2D eigenvalue weighted by Gasteiger charge is -2.35. The molecule has 0 aromatic heterocycles. The molecule has 5 heteroatoms. The Morgan fingerprint density at radius 3 is 2.19 bits per heavy atom. The monoisotopic (exact) mass is 372 g/mol. The molecule has 0 saturated heterocycles. The third-order valence-corrected chi connectivity index (χ3v) is 6.67. The fourth-order valence-corrected chi connectivity index (χ4v) is 4.93. The predicted molar refractivity (Wildman–Crippen MR) is 106 cm³/mol. The van der Waals surface area contributed by atoms with Crippen molar-refractivity contribution >= 4 is 10.0 Å². The van der Waals surface area contributed by atoms with Crippen molar-refractivity contribution in [3.05, 3.63) is 65.7 Å². The van der Waals surface area contributed by atoms with Crippen LogP contribution in [0.3, 0.4) is 0 Å². The van der Waals surface area contributed by atoms with E-state index in [4.69, 9.17) is 0 Å². The van der Waals surface area contributed by atoms with Gasteiger partial charge in [-0.3, -0.25) is 0 Å². The van der Waals surface area contributed by atoms with Crippen LogP contribution in [0.15, 0.2) is 59.5 Å². The molecule has 0 spiro atoms. The third-order valence-electron chi connectivity index (χ3n) is 5.17. The van der Waals surface area contributed by atoms with Crippen LogP contribution in [0, 0.1) is 6.92 Å². The fraction of sp³-hybridized carbons (Fsp3) is 0.429. The van der Waals surface area contributed by atoms with E-state index in [0.29, 0.717) is 4.90 Å². The van der Waals surface area contributed by atoms with Gasteiger partial charge in [0.2, 0.25) is 10.0 Å². The van der Waals surface area contributed by atoms with Gasteiger partial charge in [0.05, 0.1) is 4.90 Å². The predicted octanol–water partition coefficient (Wildman–Crippen LogP) is 3.94. The first-order valence-electron chi connectivity index (χ1n) is 9.36. The summed E-state index contributed by atoms with van der Waals surface area (Å²) in [6, 6.07) is 17.5. The molecule has 0 radical (unpaired) electrons. The maximum atomic E-state index is 12.8. The van der Waals surface area contributed by atoms with Gasteiger partial charge in [-0.05, 0) is 44.4 Å². The number of aryl methyl sites for hydroxylation is 1. The molecule has 3 atom stereocenters. The zero-order chi connectivity index (χ0) is 18.6. The highest BCUT2D eigenvalue weighted by molar-refractivity contribution is 7.89. The minimum absolute atomic E-state index is 0.0822. The molecule has 0 bridgehead atoms. The number of hydrogen-bond donors (Lipinski definition) is 2. The van der Waals surface area contributed by atoms with Gasteiger partial charge in [0, 0.05) is 18.1 Å². The van der Waals surface area contributed by atoms with Crippen LogP contribution >= 0.6 is 0 Å². The normalized spacial score (nSPS) is 22.1.